The molecule has 2 atom stereocenters. The van der Waals surface area contributed by atoms with Crippen LogP contribution >= 0.6 is 7.60 Å². The van der Waals surface area contributed by atoms with Crippen LogP contribution < -0.4 is 4.74 Å². The quantitative estimate of drug-likeness (QED) is 0.512. The molecule has 0 bridgehead atoms. The fourth-order valence-electron chi connectivity index (χ4n) is 3.54. The van der Waals surface area contributed by atoms with Gasteiger partial charge >= 0.3 is 7.60 Å². The molecule has 0 aliphatic heterocycles. The van der Waals surface area contributed by atoms with Crippen LogP contribution in [0.15, 0.2) is 24.3 Å². The molecule has 0 radical (unpaired) electrons. The molecule has 0 saturated heterocycles. The number of carbonyl (C=O) groups is 1. The number of terminal acetylenes is 1. The number of methoxy groups -OCH3 is 1. The summed E-state index contributed by atoms with van der Waals surface area (Å²) in [6.07, 6.45) is 7.17. The molecule has 0 N–H and O–H groups in total. The first-order chi connectivity index (χ1) is 12.0. The second-order valence-corrected chi connectivity index (χ2v) is 8.22. The van der Waals surface area contributed by atoms with Gasteiger partial charge in [-0.25, -0.2) is 0 Å². The Morgan fingerprint density at radius 3 is 2.24 bits per heavy atom. The lowest BCUT2D eigenvalue weighted by molar-refractivity contribution is -0.120. The minimum absolute atomic E-state index is 0.142. The standard InChI is InChI=1S/C19H25O5P/c1-5-17(15-10-12-16(22-4)13-11-15)19(14-8-9-18(19)20)25(21,23-6-2)24-7-3/h1,10-13,17H,6-9,14H2,2-4H3/t17-,19+/m1/s1. The summed E-state index contributed by atoms with van der Waals surface area (Å²) in [5, 5.41) is -1.33. The highest BCUT2D eigenvalue weighted by Crippen LogP contribution is 2.69. The molecule has 1 aromatic carbocycles. The number of Topliss-reactive ketones (excluding diaryl/α,β-unsaturated/α-hetero) is 1. The lowest BCUT2D eigenvalue weighted by atomic mass is 9.84. The van der Waals surface area contributed by atoms with Crippen molar-refractivity contribution < 1.29 is 23.1 Å². The maximum atomic E-state index is 13.7. The minimum atomic E-state index is -3.73. The van der Waals surface area contributed by atoms with Crippen LogP contribution in [-0.2, 0) is 18.4 Å². The molecule has 0 spiro atoms. The first kappa shape index (κ1) is 19.7. The number of carbonyl (C=O) groups excluding carboxylic acids is 1. The van der Waals surface area contributed by atoms with E-state index < -0.39 is 18.7 Å². The average Bonchev–Trinajstić information content (AvgIpc) is 2.99. The monoisotopic (exact) mass is 364 g/mol. The molecule has 1 aliphatic rings. The van der Waals surface area contributed by atoms with Crippen molar-refractivity contribution in [3.05, 3.63) is 29.8 Å². The summed E-state index contributed by atoms with van der Waals surface area (Å²) in [6.45, 7) is 3.84. The highest BCUT2D eigenvalue weighted by molar-refractivity contribution is 7.57. The molecule has 0 amide bonds. The van der Waals surface area contributed by atoms with Crippen LogP contribution in [0.25, 0.3) is 0 Å². The van der Waals surface area contributed by atoms with Crippen LogP contribution in [0.4, 0.5) is 0 Å². The van der Waals surface area contributed by atoms with E-state index in [1.165, 1.54) is 0 Å². The zero-order chi connectivity index (χ0) is 18.5. The summed E-state index contributed by atoms with van der Waals surface area (Å²) >= 11 is 0. The molecule has 1 fully saturated rings. The number of hydrogen-bond acceptors (Lipinski definition) is 5. The lowest BCUT2D eigenvalue weighted by Crippen LogP contribution is -2.41. The second-order valence-electron chi connectivity index (χ2n) is 5.91. The van der Waals surface area contributed by atoms with Gasteiger partial charge < -0.3 is 13.8 Å². The molecule has 1 aromatic rings. The molecule has 1 aliphatic carbocycles. The molecular formula is C19H25O5P. The topological polar surface area (TPSA) is 61.8 Å². The number of rotatable bonds is 8. The molecule has 0 aromatic heterocycles. The Labute approximate surface area is 149 Å². The van der Waals surface area contributed by atoms with Gasteiger partial charge in [0.1, 0.15) is 10.9 Å². The van der Waals surface area contributed by atoms with E-state index in [4.69, 9.17) is 20.2 Å². The summed E-state index contributed by atoms with van der Waals surface area (Å²) in [6, 6.07) is 7.16. The highest BCUT2D eigenvalue weighted by atomic mass is 31.2. The van der Waals surface area contributed by atoms with Crippen LogP contribution in [0.2, 0.25) is 0 Å². The third-order valence-electron chi connectivity index (χ3n) is 4.62. The molecule has 25 heavy (non-hydrogen) atoms. The Bertz CT molecular complexity index is 681. The zero-order valence-electron chi connectivity index (χ0n) is 15.0. The van der Waals surface area contributed by atoms with E-state index in [2.05, 4.69) is 5.92 Å². The molecule has 136 valence electrons. The van der Waals surface area contributed by atoms with Crippen LogP contribution in [-0.4, -0.2) is 31.3 Å². The minimum Gasteiger partial charge on any atom is -0.497 e. The van der Waals surface area contributed by atoms with Crippen LogP contribution in [0.5, 0.6) is 5.75 Å². The normalized spacial score (nSPS) is 21.8. The van der Waals surface area contributed by atoms with E-state index in [0.29, 0.717) is 25.0 Å². The summed E-state index contributed by atoms with van der Waals surface area (Å²) in [4.78, 5) is 12.9. The van der Waals surface area contributed by atoms with Gasteiger partial charge in [-0.2, -0.15) is 0 Å². The van der Waals surface area contributed by atoms with Crippen molar-refractivity contribution >= 4 is 13.4 Å². The fourth-order valence-corrected chi connectivity index (χ4v) is 6.15. The summed E-state index contributed by atoms with van der Waals surface area (Å²) in [7, 11) is -2.16. The smallest absolute Gasteiger partial charge is 0.345 e. The average molecular weight is 364 g/mol. The van der Waals surface area contributed by atoms with Crippen molar-refractivity contribution in [2.24, 2.45) is 0 Å². The van der Waals surface area contributed by atoms with Gasteiger partial charge in [0, 0.05) is 6.42 Å². The fraction of sp³-hybridized carbons (Fsp3) is 0.526. The Balaban J connectivity index is 2.59. The summed E-state index contributed by atoms with van der Waals surface area (Å²) in [5.41, 5.74) is 0.734. The van der Waals surface area contributed by atoms with Crippen molar-refractivity contribution in [1.82, 2.24) is 0 Å². The van der Waals surface area contributed by atoms with Gasteiger partial charge in [0.15, 0.2) is 5.78 Å². The maximum absolute atomic E-state index is 13.7. The second kappa shape index (κ2) is 8.19. The van der Waals surface area contributed by atoms with Crippen molar-refractivity contribution in [3.63, 3.8) is 0 Å². The maximum Gasteiger partial charge on any atom is 0.345 e. The molecule has 6 heteroatoms. The van der Waals surface area contributed by atoms with Gasteiger partial charge in [0.25, 0.3) is 0 Å². The summed E-state index contributed by atoms with van der Waals surface area (Å²) < 4.78 is 30.0. The van der Waals surface area contributed by atoms with Crippen LogP contribution in [0.1, 0.15) is 44.6 Å². The number of ketones is 1. The molecule has 0 heterocycles. The van der Waals surface area contributed by atoms with Gasteiger partial charge in [-0.05, 0) is 44.4 Å². The van der Waals surface area contributed by atoms with Gasteiger partial charge in [0.2, 0.25) is 0 Å². The molecule has 5 nitrogen and oxygen atoms in total. The van der Waals surface area contributed by atoms with E-state index >= 15 is 0 Å². The Morgan fingerprint density at radius 1 is 1.24 bits per heavy atom. The Kier molecular flexibility index (Phi) is 6.46. The van der Waals surface area contributed by atoms with E-state index in [9.17, 15) is 9.36 Å². The molecule has 2 rings (SSSR count). The zero-order valence-corrected chi connectivity index (χ0v) is 15.9. The number of benzene rings is 1. The van der Waals surface area contributed by atoms with Gasteiger partial charge in [-0.15, -0.1) is 6.42 Å². The van der Waals surface area contributed by atoms with E-state index in [1.54, 1.807) is 45.2 Å². The van der Waals surface area contributed by atoms with Gasteiger partial charge in [-0.1, -0.05) is 18.1 Å². The van der Waals surface area contributed by atoms with Crippen molar-refractivity contribution in [2.75, 3.05) is 20.3 Å². The van der Waals surface area contributed by atoms with Crippen LogP contribution in [0, 0.1) is 12.3 Å². The van der Waals surface area contributed by atoms with Crippen molar-refractivity contribution in [2.45, 2.75) is 44.2 Å². The Hall–Kier alpha value is -1.60. The van der Waals surface area contributed by atoms with Crippen molar-refractivity contribution in [1.29, 1.82) is 0 Å². The Morgan fingerprint density at radius 2 is 1.84 bits per heavy atom. The number of hydrogen-bond donors (Lipinski definition) is 0. The highest BCUT2D eigenvalue weighted by Gasteiger charge is 2.62. The third-order valence-corrected chi connectivity index (χ3v) is 7.53. The SMILES string of the molecule is C#C[C@H](c1ccc(OC)cc1)[C@@]1(P(=O)(OCC)OCC)CCCC1=O. The molecule has 0 unspecified atom stereocenters. The first-order valence-corrected chi connectivity index (χ1v) is 10.1. The van der Waals surface area contributed by atoms with E-state index in [0.717, 1.165) is 5.56 Å². The molecule has 1 saturated carbocycles. The third kappa shape index (κ3) is 3.40. The van der Waals surface area contributed by atoms with Crippen molar-refractivity contribution in [3.8, 4) is 18.1 Å². The van der Waals surface area contributed by atoms with Crippen LogP contribution in [0.3, 0.4) is 0 Å². The van der Waals surface area contributed by atoms with Gasteiger partial charge in [-0.3, -0.25) is 9.36 Å². The lowest BCUT2D eigenvalue weighted by Gasteiger charge is -2.38. The van der Waals surface area contributed by atoms with Gasteiger partial charge in [0.05, 0.1) is 26.2 Å². The predicted octanol–water partition coefficient (Wildman–Crippen LogP) is 4.17. The summed E-state index contributed by atoms with van der Waals surface area (Å²) in [5.74, 6) is 2.56. The predicted molar refractivity (Wildman–Crippen MR) is 97.0 cm³/mol. The van der Waals surface area contributed by atoms with E-state index in [1.807, 2.05) is 0 Å². The molecular weight excluding hydrogens is 339 g/mol. The number of ether oxygens (including phenoxy) is 1. The first-order valence-electron chi connectivity index (χ1n) is 8.51. The van der Waals surface area contributed by atoms with E-state index in [-0.39, 0.29) is 19.0 Å². The largest absolute Gasteiger partial charge is 0.497 e.